The van der Waals surface area contributed by atoms with Gasteiger partial charge < -0.3 is 15.4 Å². The Labute approximate surface area is 167 Å². The minimum atomic E-state index is -0.250. The summed E-state index contributed by atoms with van der Waals surface area (Å²) in [7, 11) is 0. The summed E-state index contributed by atoms with van der Waals surface area (Å²) < 4.78 is 5.57. The van der Waals surface area contributed by atoms with Gasteiger partial charge in [0.2, 0.25) is 5.91 Å². The van der Waals surface area contributed by atoms with Crippen LogP contribution in [0.5, 0.6) is 5.75 Å². The van der Waals surface area contributed by atoms with Crippen molar-refractivity contribution in [1.29, 1.82) is 0 Å². The summed E-state index contributed by atoms with van der Waals surface area (Å²) in [4.78, 5) is 24.0. The summed E-state index contributed by atoms with van der Waals surface area (Å²) in [6, 6.07) is 15.0. The lowest BCUT2D eigenvalue weighted by Crippen LogP contribution is -2.20. The van der Waals surface area contributed by atoms with E-state index in [9.17, 15) is 9.59 Å². The number of amides is 2. The first-order valence-corrected chi connectivity index (χ1v) is 9.94. The van der Waals surface area contributed by atoms with Crippen LogP contribution in [-0.4, -0.2) is 18.4 Å². The smallest absolute Gasteiger partial charge is 0.262 e. The van der Waals surface area contributed by atoms with Gasteiger partial charge in [-0.15, -0.1) is 0 Å². The van der Waals surface area contributed by atoms with Crippen LogP contribution in [0.3, 0.4) is 0 Å². The third kappa shape index (κ3) is 7.06. The average Bonchev–Trinajstić information content (AvgIpc) is 2.70. The van der Waals surface area contributed by atoms with Gasteiger partial charge in [0.05, 0.1) is 0 Å². The zero-order valence-electron chi connectivity index (χ0n) is 17.0. The third-order valence-corrected chi connectivity index (χ3v) is 4.62. The first kappa shape index (κ1) is 21.5. The third-order valence-electron chi connectivity index (χ3n) is 4.62. The largest absolute Gasteiger partial charge is 0.484 e. The number of carbonyl (C=O) groups excluding carboxylic acids is 2. The molecule has 0 bridgehead atoms. The highest BCUT2D eigenvalue weighted by atomic mass is 16.5. The van der Waals surface area contributed by atoms with Crippen LogP contribution in [-0.2, 0) is 9.59 Å². The predicted octanol–water partition coefficient (Wildman–Crippen LogP) is 5.35. The molecule has 1 atom stereocenters. The van der Waals surface area contributed by atoms with Crippen molar-refractivity contribution in [1.82, 2.24) is 0 Å². The maximum Gasteiger partial charge on any atom is 0.262 e. The molecular weight excluding hydrogens is 352 g/mol. The lowest BCUT2D eigenvalue weighted by Gasteiger charge is -2.11. The van der Waals surface area contributed by atoms with Crippen molar-refractivity contribution >= 4 is 23.2 Å². The second kappa shape index (κ2) is 11.1. The van der Waals surface area contributed by atoms with Gasteiger partial charge in [0, 0.05) is 17.8 Å². The summed E-state index contributed by atoms with van der Waals surface area (Å²) in [5.74, 6) is 0.904. The zero-order chi connectivity index (χ0) is 20.4. The Morgan fingerprint density at radius 3 is 2.21 bits per heavy atom. The molecule has 0 aliphatic heterocycles. The Bertz CT molecular complexity index is 772. The van der Waals surface area contributed by atoms with Crippen LogP contribution in [0, 0.1) is 0 Å². The van der Waals surface area contributed by atoms with Crippen LogP contribution in [0.25, 0.3) is 0 Å². The second-order valence-electron chi connectivity index (χ2n) is 6.95. The molecule has 0 aliphatic rings. The van der Waals surface area contributed by atoms with Gasteiger partial charge in [-0.2, -0.15) is 0 Å². The van der Waals surface area contributed by atoms with Crippen LogP contribution in [0.4, 0.5) is 11.4 Å². The van der Waals surface area contributed by atoms with Crippen molar-refractivity contribution < 1.29 is 14.3 Å². The van der Waals surface area contributed by atoms with Gasteiger partial charge >= 0.3 is 0 Å². The van der Waals surface area contributed by atoms with Gasteiger partial charge in [-0.25, -0.2) is 0 Å². The second-order valence-corrected chi connectivity index (χ2v) is 6.95. The highest BCUT2D eigenvalue weighted by Gasteiger charge is 2.07. The van der Waals surface area contributed by atoms with E-state index in [0.29, 0.717) is 29.5 Å². The fourth-order valence-corrected chi connectivity index (χ4v) is 2.71. The SMILES string of the molecule is CCCCC(=O)Nc1cccc(NC(=O)COc2ccc(C(C)CC)cc2)c1. The molecule has 0 spiro atoms. The molecule has 0 aliphatic carbocycles. The number of anilines is 2. The molecule has 1 unspecified atom stereocenters. The molecule has 0 fully saturated rings. The van der Waals surface area contributed by atoms with E-state index in [4.69, 9.17) is 4.74 Å². The number of ether oxygens (including phenoxy) is 1. The van der Waals surface area contributed by atoms with E-state index in [1.165, 1.54) is 5.56 Å². The van der Waals surface area contributed by atoms with Crippen molar-refractivity contribution in [3.05, 3.63) is 54.1 Å². The number of carbonyl (C=O) groups is 2. The van der Waals surface area contributed by atoms with E-state index in [1.54, 1.807) is 24.3 Å². The number of nitrogens with one attached hydrogen (secondary N) is 2. The average molecular weight is 383 g/mol. The molecule has 5 heteroatoms. The number of unbranched alkanes of at least 4 members (excludes halogenated alkanes) is 1. The normalized spacial score (nSPS) is 11.5. The van der Waals surface area contributed by atoms with E-state index in [0.717, 1.165) is 19.3 Å². The van der Waals surface area contributed by atoms with Crippen molar-refractivity contribution in [2.75, 3.05) is 17.2 Å². The maximum atomic E-state index is 12.2. The molecule has 0 saturated carbocycles. The molecule has 0 aromatic heterocycles. The summed E-state index contributed by atoms with van der Waals surface area (Å²) in [6.07, 6.45) is 3.42. The molecule has 0 saturated heterocycles. The molecule has 2 N–H and O–H groups in total. The molecular formula is C23H30N2O3. The topological polar surface area (TPSA) is 67.4 Å². The van der Waals surface area contributed by atoms with Gasteiger partial charge in [0.15, 0.2) is 6.61 Å². The standard InChI is InChI=1S/C23H30N2O3/c1-4-6-10-22(26)24-19-8-7-9-20(15-19)25-23(27)16-28-21-13-11-18(12-14-21)17(3)5-2/h7-9,11-15,17H,4-6,10,16H2,1-3H3,(H,24,26)(H,25,27). The summed E-state index contributed by atoms with van der Waals surface area (Å²) in [5.41, 5.74) is 2.55. The van der Waals surface area contributed by atoms with Crippen molar-refractivity contribution in [2.24, 2.45) is 0 Å². The van der Waals surface area contributed by atoms with Crippen LogP contribution in [0.15, 0.2) is 48.5 Å². The molecule has 28 heavy (non-hydrogen) atoms. The first-order valence-electron chi connectivity index (χ1n) is 9.94. The lowest BCUT2D eigenvalue weighted by atomic mass is 9.99. The Morgan fingerprint density at radius 2 is 1.61 bits per heavy atom. The van der Waals surface area contributed by atoms with E-state index in [2.05, 4.69) is 24.5 Å². The number of benzene rings is 2. The van der Waals surface area contributed by atoms with Crippen molar-refractivity contribution in [3.8, 4) is 5.75 Å². The fourth-order valence-electron chi connectivity index (χ4n) is 2.71. The van der Waals surface area contributed by atoms with Gasteiger partial charge in [-0.3, -0.25) is 9.59 Å². The van der Waals surface area contributed by atoms with Crippen molar-refractivity contribution in [2.45, 2.75) is 52.4 Å². The van der Waals surface area contributed by atoms with Crippen LogP contribution < -0.4 is 15.4 Å². The summed E-state index contributed by atoms with van der Waals surface area (Å²) in [5, 5.41) is 5.64. The molecule has 2 amide bonds. The van der Waals surface area contributed by atoms with E-state index in [1.807, 2.05) is 31.2 Å². The Hall–Kier alpha value is -2.82. The van der Waals surface area contributed by atoms with Gasteiger partial charge in [-0.1, -0.05) is 45.4 Å². The van der Waals surface area contributed by atoms with E-state index in [-0.39, 0.29) is 18.4 Å². The van der Waals surface area contributed by atoms with Crippen LogP contribution in [0.1, 0.15) is 57.9 Å². The maximum absolute atomic E-state index is 12.2. The molecule has 2 rings (SSSR count). The quantitative estimate of drug-likeness (QED) is 0.582. The molecule has 2 aromatic carbocycles. The van der Waals surface area contributed by atoms with Crippen LogP contribution in [0.2, 0.25) is 0 Å². The summed E-state index contributed by atoms with van der Waals surface area (Å²) in [6.45, 7) is 6.32. The molecule has 5 nitrogen and oxygen atoms in total. The minimum absolute atomic E-state index is 0.0190. The predicted molar refractivity (Wildman–Crippen MR) is 114 cm³/mol. The fraction of sp³-hybridized carbons (Fsp3) is 0.391. The first-order chi connectivity index (χ1) is 13.5. The Kier molecular flexibility index (Phi) is 8.53. The van der Waals surface area contributed by atoms with Gasteiger partial charge in [-0.05, 0) is 54.7 Å². The van der Waals surface area contributed by atoms with Gasteiger partial charge in [0.25, 0.3) is 5.91 Å². The molecule has 150 valence electrons. The highest BCUT2D eigenvalue weighted by molar-refractivity contribution is 5.94. The number of rotatable bonds is 10. The minimum Gasteiger partial charge on any atom is -0.484 e. The highest BCUT2D eigenvalue weighted by Crippen LogP contribution is 2.21. The van der Waals surface area contributed by atoms with E-state index < -0.39 is 0 Å². The molecule has 0 heterocycles. The Morgan fingerprint density at radius 1 is 0.964 bits per heavy atom. The molecule has 0 radical (unpaired) electrons. The molecule has 2 aromatic rings. The zero-order valence-corrected chi connectivity index (χ0v) is 17.0. The Balaban J connectivity index is 1.84. The monoisotopic (exact) mass is 382 g/mol. The van der Waals surface area contributed by atoms with Crippen LogP contribution >= 0.6 is 0 Å². The summed E-state index contributed by atoms with van der Waals surface area (Å²) >= 11 is 0. The lowest BCUT2D eigenvalue weighted by molar-refractivity contribution is -0.118. The number of hydrogen-bond acceptors (Lipinski definition) is 3. The van der Waals surface area contributed by atoms with Crippen molar-refractivity contribution in [3.63, 3.8) is 0 Å². The van der Waals surface area contributed by atoms with E-state index >= 15 is 0 Å². The number of hydrogen-bond donors (Lipinski definition) is 2. The van der Waals surface area contributed by atoms with Gasteiger partial charge in [0.1, 0.15) is 5.75 Å².